The van der Waals surface area contributed by atoms with Gasteiger partial charge in [-0.15, -0.1) is 0 Å². The smallest absolute Gasteiger partial charge is 0.354 e. The Kier molecular flexibility index (Phi) is 5.96. The minimum atomic E-state index is -1.14. The molecule has 6 heteroatoms. The summed E-state index contributed by atoms with van der Waals surface area (Å²) in [7, 11) is 0. The van der Waals surface area contributed by atoms with Crippen LogP contribution in [0.25, 0.3) is 0 Å². The third kappa shape index (κ3) is 4.67. The lowest BCUT2D eigenvalue weighted by Gasteiger charge is -2.30. The first kappa shape index (κ1) is 18.1. The van der Waals surface area contributed by atoms with Crippen molar-refractivity contribution in [1.29, 1.82) is 0 Å². The number of hydrogen-bond acceptors (Lipinski definition) is 4. The molecule has 1 saturated heterocycles. The lowest BCUT2D eigenvalue weighted by molar-refractivity contribution is 0.0445. The van der Waals surface area contributed by atoms with Crippen LogP contribution in [0.5, 0.6) is 0 Å². The summed E-state index contributed by atoms with van der Waals surface area (Å²) in [5.41, 5.74) is 1.27. The van der Waals surface area contributed by atoms with Gasteiger partial charge in [0.1, 0.15) is 5.69 Å². The summed E-state index contributed by atoms with van der Waals surface area (Å²) in [6.45, 7) is 2.55. The Bertz CT molecular complexity index is 757. The van der Waals surface area contributed by atoms with E-state index >= 15 is 0 Å². The predicted molar refractivity (Wildman–Crippen MR) is 95.9 cm³/mol. The quantitative estimate of drug-likeness (QED) is 0.863. The molecule has 0 saturated carbocycles. The number of aromatic nitrogens is 1. The van der Waals surface area contributed by atoms with Gasteiger partial charge in [0, 0.05) is 38.1 Å². The fourth-order valence-electron chi connectivity index (χ4n) is 3.13. The van der Waals surface area contributed by atoms with Crippen LogP contribution in [0.4, 0.5) is 0 Å². The van der Waals surface area contributed by atoms with Crippen LogP contribution in [0, 0.1) is 5.92 Å². The highest BCUT2D eigenvalue weighted by atomic mass is 16.5. The summed E-state index contributed by atoms with van der Waals surface area (Å²) in [5.74, 6) is -0.930. The Morgan fingerprint density at radius 2 is 1.88 bits per heavy atom. The first-order valence-electron chi connectivity index (χ1n) is 8.74. The predicted octanol–water partition coefficient (Wildman–Crippen LogP) is 2.85. The zero-order valence-corrected chi connectivity index (χ0v) is 14.5. The standard InChI is InChI=1S/C20H22N2O4/c23-19(17-6-9-21-18(12-17)20(24)25)22(13-15-4-2-1-3-5-15)14-16-7-10-26-11-8-16/h1-6,9,12,16H,7-8,10-11,13-14H2,(H,24,25). The zero-order valence-electron chi connectivity index (χ0n) is 14.5. The second kappa shape index (κ2) is 8.58. The summed E-state index contributed by atoms with van der Waals surface area (Å²) in [6.07, 6.45) is 3.22. The lowest BCUT2D eigenvalue weighted by atomic mass is 9.99. The van der Waals surface area contributed by atoms with Gasteiger partial charge in [-0.3, -0.25) is 4.79 Å². The molecule has 2 aromatic rings. The Morgan fingerprint density at radius 1 is 1.15 bits per heavy atom. The molecule has 0 unspecified atom stereocenters. The number of rotatable bonds is 6. The molecule has 0 atom stereocenters. The summed E-state index contributed by atoms with van der Waals surface area (Å²) in [5, 5.41) is 9.12. The number of pyridine rings is 1. The molecule has 1 aliphatic heterocycles. The topological polar surface area (TPSA) is 79.7 Å². The monoisotopic (exact) mass is 354 g/mol. The van der Waals surface area contributed by atoms with Crippen LogP contribution in [0.15, 0.2) is 48.7 Å². The molecule has 1 aliphatic rings. The highest BCUT2D eigenvalue weighted by Gasteiger charge is 2.23. The molecular weight excluding hydrogens is 332 g/mol. The number of carboxylic acids is 1. The number of hydrogen-bond donors (Lipinski definition) is 1. The molecule has 0 aliphatic carbocycles. The highest BCUT2D eigenvalue weighted by Crippen LogP contribution is 2.19. The number of nitrogens with zero attached hydrogens (tertiary/aromatic N) is 2. The van der Waals surface area contributed by atoms with Gasteiger partial charge in [-0.2, -0.15) is 0 Å². The molecule has 3 rings (SSSR count). The third-order valence-electron chi connectivity index (χ3n) is 4.55. The van der Waals surface area contributed by atoms with E-state index in [0.29, 0.717) is 24.6 Å². The molecule has 1 aromatic carbocycles. The number of carboxylic acid groups (broad SMARTS) is 1. The van der Waals surface area contributed by atoms with Crippen molar-refractivity contribution in [2.75, 3.05) is 19.8 Å². The summed E-state index contributed by atoms with van der Waals surface area (Å²) in [6, 6.07) is 12.7. The van der Waals surface area contributed by atoms with Gasteiger partial charge >= 0.3 is 5.97 Å². The van der Waals surface area contributed by atoms with Crippen LogP contribution in [-0.2, 0) is 11.3 Å². The van der Waals surface area contributed by atoms with Crippen LogP contribution < -0.4 is 0 Å². The maximum atomic E-state index is 13.1. The van der Waals surface area contributed by atoms with Crippen LogP contribution >= 0.6 is 0 Å². The van der Waals surface area contributed by atoms with Gasteiger partial charge in [0.15, 0.2) is 0 Å². The number of amides is 1. The molecule has 26 heavy (non-hydrogen) atoms. The fourth-order valence-corrected chi connectivity index (χ4v) is 3.13. The molecule has 0 bridgehead atoms. The van der Waals surface area contributed by atoms with Gasteiger partial charge in [0.2, 0.25) is 0 Å². The Labute approximate surface area is 152 Å². The molecule has 1 fully saturated rings. The maximum Gasteiger partial charge on any atom is 0.354 e. The second-order valence-corrected chi connectivity index (χ2v) is 6.46. The van der Waals surface area contributed by atoms with Crippen LogP contribution in [0.1, 0.15) is 39.3 Å². The van der Waals surface area contributed by atoms with E-state index in [9.17, 15) is 9.59 Å². The average molecular weight is 354 g/mol. The maximum absolute atomic E-state index is 13.1. The van der Waals surface area contributed by atoms with Crippen molar-refractivity contribution in [2.45, 2.75) is 19.4 Å². The minimum absolute atomic E-state index is 0.124. The summed E-state index contributed by atoms with van der Waals surface area (Å²) >= 11 is 0. The van der Waals surface area contributed by atoms with Crippen molar-refractivity contribution in [1.82, 2.24) is 9.88 Å². The van der Waals surface area contributed by atoms with Gasteiger partial charge < -0.3 is 14.7 Å². The van der Waals surface area contributed by atoms with Crippen molar-refractivity contribution in [3.05, 3.63) is 65.5 Å². The second-order valence-electron chi connectivity index (χ2n) is 6.46. The van der Waals surface area contributed by atoms with E-state index in [1.807, 2.05) is 30.3 Å². The molecule has 136 valence electrons. The third-order valence-corrected chi connectivity index (χ3v) is 4.55. The lowest BCUT2D eigenvalue weighted by Crippen LogP contribution is -2.37. The van der Waals surface area contributed by atoms with Crippen molar-refractivity contribution in [2.24, 2.45) is 5.92 Å². The Morgan fingerprint density at radius 3 is 2.58 bits per heavy atom. The summed E-state index contributed by atoms with van der Waals surface area (Å²) < 4.78 is 5.41. The van der Waals surface area contributed by atoms with Crippen LogP contribution in [-0.4, -0.2) is 46.6 Å². The number of carbonyl (C=O) groups excluding carboxylic acids is 1. The van der Waals surface area contributed by atoms with Crippen molar-refractivity contribution in [3.63, 3.8) is 0 Å². The average Bonchev–Trinajstić information content (AvgIpc) is 2.68. The van der Waals surface area contributed by atoms with Crippen LogP contribution in [0.2, 0.25) is 0 Å². The molecule has 1 amide bonds. The number of benzene rings is 1. The van der Waals surface area contributed by atoms with Gasteiger partial charge in [0.05, 0.1) is 0 Å². The van der Waals surface area contributed by atoms with Gasteiger partial charge in [-0.25, -0.2) is 9.78 Å². The number of aromatic carboxylic acids is 1. The minimum Gasteiger partial charge on any atom is -0.477 e. The largest absolute Gasteiger partial charge is 0.477 e. The molecule has 1 N–H and O–H groups in total. The SMILES string of the molecule is O=C(O)c1cc(C(=O)N(Cc2ccccc2)CC2CCOCC2)ccn1. The number of carbonyl (C=O) groups is 2. The molecule has 2 heterocycles. The molecule has 0 spiro atoms. The normalized spacial score (nSPS) is 14.8. The van der Waals surface area contributed by atoms with E-state index < -0.39 is 5.97 Å². The zero-order chi connectivity index (χ0) is 18.4. The van der Waals surface area contributed by atoms with E-state index in [2.05, 4.69) is 4.98 Å². The van der Waals surface area contributed by atoms with Crippen LogP contribution in [0.3, 0.4) is 0 Å². The van der Waals surface area contributed by atoms with Crippen molar-refractivity contribution < 1.29 is 19.4 Å². The van der Waals surface area contributed by atoms with E-state index in [-0.39, 0.29) is 11.6 Å². The molecule has 6 nitrogen and oxygen atoms in total. The first-order valence-corrected chi connectivity index (χ1v) is 8.74. The fraction of sp³-hybridized carbons (Fsp3) is 0.350. The van der Waals surface area contributed by atoms with E-state index in [1.165, 1.54) is 12.3 Å². The van der Waals surface area contributed by atoms with Gasteiger partial charge in [-0.05, 0) is 36.5 Å². The first-order chi connectivity index (χ1) is 12.6. The Balaban J connectivity index is 1.82. The number of ether oxygens (including phenoxy) is 1. The molecule has 1 aromatic heterocycles. The highest BCUT2D eigenvalue weighted by molar-refractivity contribution is 5.96. The Hall–Kier alpha value is -2.73. The van der Waals surface area contributed by atoms with E-state index in [1.54, 1.807) is 11.0 Å². The van der Waals surface area contributed by atoms with E-state index in [0.717, 1.165) is 31.6 Å². The van der Waals surface area contributed by atoms with Gasteiger partial charge in [-0.1, -0.05) is 30.3 Å². The van der Waals surface area contributed by atoms with Crippen molar-refractivity contribution in [3.8, 4) is 0 Å². The van der Waals surface area contributed by atoms with Crippen molar-refractivity contribution >= 4 is 11.9 Å². The molecular formula is C20H22N2O4. The molecule has 0 radical (unpaired) electrons. The summed E-state index contributed by atoms with van der Waals surface area (Å²) in [4.78, 5) is 29.8. The van der Waals surface area contributed by atoms with Gasteiger partial charge in [0.25, 0.3) is 5.91 Å². The van der Waals surface area contributed by atoms with E-state index in [4.69, 9.17) is 9.84 Å².